The predicted molar refractivity (Wildman–Crippen MR) is 93.9 cm³/mol. The lowest BCUT2D eigenvalue weighted by Crippen LogP contribution is -2.43. The standard InChI is InChI=1S/C18H27N3O3/c1-13-6-2-4-8-15(13)21-17(23)12-20-16-9-5-3-7-14(16)18(24)19-10-11-22/h3,5,7,9,13,15,20,22H,2,4,6,8,10-12H2,1H3,(H,19,24)(H,21,23)/t13-,15-/m0/s1. The molecule has 0 saturated heterocycles. The Morgan fingerprint density at radius 3 is 2.71 bits per heavy atom. The van der Waals surface area contributed by atoms with Gasteiger partial charge >= 0.3 is 0 Å². The zero-order valence-corrected chi connectivity index (χ0v) is 14.2. The van der Waals surface area contributed by atoms with Crippen molar-refractivity contribution in [3.05, 3.63) is 29.8 Å². The maximum Gasteiger partial charge on any atom is 0.253 e. The number of anilines is 1. The van der Waals surface area contributed by atoms with Gasteiger partial charge in [0.25, 0.3) is 5.91 Å². The lowest BCUT2D eigenvalue weighted by atomic mass is 9.86. The van der Waals surface area contributed by atoms with E-state index < -0.39 is 0 Å². The minimum absolute atomic E-state index is 0.0562. The van der Waals surface area contributed by atoms with Crippen molar-refractivity contribution in [1.82, 2.24) is 10.6 Å². The highest BCUT2D eigenvalue weighted by Crippen LogP contribution is 2.23. The summed E-state index contributed by atoms with van der Waals surface area (Å²) < 4.78 is 0. The summed E-state index contributed by atoms with van der Waals surface area (Å²) in [5.41, 5.74) is 1.07. The van der Waals surface area contributed by atoms with Crippen LogP contribution in [-0.2, 0) is 4.79 Å². The van der Waals surface area contributed by atoms with E-state index in [0.29, 0.717) is 17.2 Å². The maximum absolute atomic E-state index is 12.2. The fraction of sp³-hybridized carbons (Fsp3) is 0.556. The van der Waals surface area contributed by atoms with Crippen molar-refractivity contribution in [2.45, 2.75) is 38.6 Å². The Balaban J connectivity index is 1.89. The summed E-state index contributed by atoms with van der Waals surface area (Å²) in [6, 6.07) is 7.28. The Kier molecular flexibility index (Phi) is 7.06. The van der Waals surface area contributed by atoms with Crippen molar-refractivity contribution in [3.8, 4) is 0 Å². The molecule has 1 aliphatic carbocycles. The summed E-state index contributed by atoms with van der Waals surface area (Å²) in [6.45, 7) is 2.41. The molecule has 1 aromatic carbocycles. The van der Waals surface area contributed by atoms with Crippen LogP contribution in [0, 0.1) is 5.92 Å². The van der Waals surface area contributed by atoms with E-state index >= 15 is 0 Å². The molecule has 2 rings (SSSR count). The molecule has 4 N–H and O–H groups in total. The number of para-hydroxylation sites is 1. The van der Waals surface area contributed by atoms with Crippen LogP contribution in [0.1, 0.15) is 43.0 Å². The second-order valence-corrected chi connectivity index (χ2v) is 6.31. The van der Waals surface area contributed by atoms with Gasteiger partial charge in [0.15, 0.2) is 0 Å². The summed E-state index contributed by atoms with van der Waals surface area (Å²) >= 11 is 0. The van der Waals surface area contributed by atoms with Crippen molar-refractivity contribution < 1.29 is 14.7 Å². The maximum atomic E-state index is 12.2. The van der Waals surface area contributed by atoms with E-state index in [1.807, 2.05) is 6.07 Å². The highest BCUT2D eigenvalue weighted by Gasteiger charge is 2.22. The Hall–Kier alpha value is -2.08. The Bertz CT molecular complexity index is 562. The smallest absolute Gasteiger partial charge is 0.253 e. The first-order valence-corrected chi connectivity index (χ1v) is 8.63. The lowest BCUT2D eigenvalue weighted by molar-refractivity contribution is -0.120. The van der Waals surface area contributed by atoms with Gasteiger partial charge in [-0.25, -0.2) is 0 Å². The molecule has 0 bridgehead atoms. The van der Waals surface area contributed by atoms with Crippen LogP contribution in [0.15, 0.2) is 24.3 Å². The molecule has 1 aliphatic rings. The minimum Gasteiger partial charge on any atom is -0.395 e. The van der Waals surface area contributed by atoms with Crippen LogP contribution >= 0.6 is 0 Å². The van der Waals surface area contributed by atoms with E-state index in [1.165, 1.54) is 6.42 Å². The number of nitrogens with one attached hydrogen (secondary N) is 3. The van der Waals surface area contributed by atoms with Crippen molar-refractivity contribution in [2.75, 3.05) is 25.0 Å². The van der Waals surface area contributed by atoms with E-state index in [2.05, 4.69) is 22.9 Å². The number of carbonyl (C=O) groups is 2. The van der Waals surface area contributed by atoms with Crippen molar-refractivity contribution in [2.24, 2.45) is 5.92 Å². The van der Waals surface area contributed by atoms with Gasteiger partial charge in [-0.05, 0) is 30.9 Å². The lowest BCUT2D eigenvalue weighted by Gasteiger charge is -2.29. The molecule has 6 nitrogen and oxygen atoms in total. The highest BCUT2D eigenvalue weighted by molar-refractivity contribution is 6.00. The number of hydrogen-bond donors (Lipinski definition) is 4. The third-order valence-electron chi connectivity index (χ3n) is 4.47. The molecule has 2 atom stereocenters. The first-order chi connectivity index (χ1) is 11.6. The molecule has 0 unspecified atom stereocenters. The van der Waals surface area contributed by atoms with Gasteiger partial charge in [-0.3, -0.25) is 9.59 Å². The molecular formula is C18H27N3O3. The Morgan fingerprint density at radius 1 is 1.21 bits per heavy atom. The van der Waals surface area contributed by atoms with Gasteiger partial charge in [0.05, 0.1) is 18.7 Å². The van der Waals surface area contributed by atoms with Crippen LogP contribution < -0.4 is 16.0 Å². The fourth-order valence-corrected chi connectivity index (χ4v) is 3.06. The average molecular weight is 333 g/mol. The fourth-order valence-electron chi connectivity index (χ4n) is 3.06. The SMILES string of the molecule is C[C@H]1CCCC[C@@H]1NC(=O)CNc1ccccc1C(=O)NCCO. The van der Waals surface area contributed by atoms with Crippen LogP contribution in [0.3, 0.4) is 0 Å². The van der Waals surface area contributed by atoms with E-state index in [0.717, 1.165) is 19.3 Å². The minimum atomic E-state index is -0.270. The number of amides is 2. The normalized spacial score (nSPS) is 20.2. The topological polar surface area (TPSA) is 90.5 Å². The Morgan fingerprint density at radius 2 is 1.96 bits per heavy atom. The zero-order valence-electron chi connectivity index (χ0n) is 14.2. The first kappa shape index (κ1) is 18.3. The molecular weight excluding hydrogens is 306 g/mol. The number of benzene rings is 1. The summed E-state index contributed by atoms with van der Waals surface area (Å²) in [5, 5.41) is 17.5. The molecule has 0 aromatic heterocycles. The van der Waals surface area contributed by atoms with Crippen molar-refractivity contribution in [1.29, 1.82) is 0 Å². The molecule has 24 heavy (non-hydrogen) atoms. The number of carbonyl (C=O) groups excluding carboxylic acids is 2. The molecule has 1 saturated carbocycles. The van der Waals surface area contributed by atoms with Crippen LogP contribution in [0.5, 0.6) is 0 Å². The van der Waals surface area contributed by atoms with Crippen LogP contribution in [-0.4, -0.2) is 42.7 Å². The van der Waals surface area contributed by atoms with Crippen LogP contribution in [0.25, 0.3) is 0 Å². The molecule has 0 radical (unpaired) electrons. The molecule has 0 spiro atoms. The quantitative estimate of drug-likeness (QED) is 0.609. The molecule has 0 aliphatic heterocycles. The number of rotatable bonds is 7. The summed E-state index contributed by atoms with van der Waals surface area (Å²) in [5.74, 6) is 0.187. The molecule has 132 valence electrons. The van der Waals surface area contributed by atoms with Crippen molar-refractivity contribution in [3.63, 3.8) is 0 Å². The monoisotopic (exact) mass is 333 g/mol. The van der Waals surface area contributed by atoms with Gasteiger partial charge in [0.2, 0.25) is 5.91 Å². The molecule has 1 fully saturated rings. The third-order valence-corrected chi connectivity index (χ3v) is 4.47. The van der Waals surface area contributed by atoms with Gasteiger partial charge < -0.3 is 21.1 Å². The zero-order chi connectivity index (χ0) is 17.4. The number of aliphatic hydroxyl groups is 1. The van der Waals surface area contributed by atoms with Crippen LogP contribution in [0.4, 0.5) is 5.69 Å². The second kappa shape index (κ2) is 9.27. The van der Waals surface area contributed by atoms with E-state index in [4.69, 9.17) is 5.11 Å². The third kappa shape index (κ3) is 5.23. The van der Waals surface area contributed by atoms with E-state index in [1.54, 1.807) is 18.2 Å². The first-order valence-electron chi connectivity index (χ1n) is 8.63. The van der Waals surface area contributed by atoms with Gasteiger partial charge in [-0.15, -0.1) is 0 Å². The van der Waals surface area contributed by atoms with Crippen molar-refractivity contribution >= 4 is 17.5 Å². The summed E-state index contributed by atoms with van der Waals surface area (Å²) in [7, 11) is 0. The largest absolute Gasteiger partial charge is 0.395 e. The molecule has 0 heterocycles. The van der Waals surface area contributed by atoms with Gasteiger partial charge in [-0.1, -0.05) is 31.9 Å². The number of hydrogen-bond acceptors (Lipinski definition) is 4. The van der Waals surface area contributed by atoms with Gasteiger partial charge in [0.1, 0.15) is 0 Å². The van der Waals surface area contributed by atoms with Gasteiger partial charge in [0, 0.05) is 18.3 Å². The van der Waals surface area contributed by atoms with Crippen LogP contribution in [0.2, 0.25) is 0 Å². The second-order valence-electron chi connectivity index (χ2n) is 6.31. The summed E-state index contributed by atoms with van der Waals surface area (Å²) in [6.07, 6.45) is 4.60. The molecule has 2 amide bonds. The highest BCUT2D eigenvalue weighted by atomic mass is 16.3. The van der Waals surface area contributed by atoms with Gasteiger partial charge in [-0.2, -0.15) is 0 Å². The van der Waals surface area contributed by atoms with E-state index in [9.17, 15) is 9.59 Å². The summed E-state index contributed by atoms with van der Waals surface area (Å²) in [4.78, 5) is 24.2. The molecule has 1 aromatic rings. The number of aliphatic hydroxyl groups excluding tert-OH is 1. The average Bonchev–Trinajstić information content (AvgIpc) is 2.60. The predicted octanol–water partition coefficient (Wildman–Crippen LogP) is 1.52. The van der Waals surface area contributed by atoms with E-state index in [-0.39, 0.29) is 37.6 Å². The Labute approximate surface area is 143 Å². The molecule has 6 heteroatoms.